The molecule has 0 amide bonds. The Morgan fingerprint density at radius 1 is 1.55 bits per heavy atom. The largest absolute Gasteiger partial charge is 0.462 e. The molecule has 2 heteroatoms. The summed E-state index contributed by atoms with van der Waals surface area (Å²) in [6, 6.07) is 0. The zero-order chi connectivity index (χ0) is 8.43. The smallest absolute Gasteiger partial charge is 0.306 e. The van der Waals surface area contributed by atoms with Crippen molar-refractivity contribution in [3.63, 3.8) is 0 Å². The van der Waals surface area contributed by atoms with Crippen molar-refractivity contribution < 1.29 is 9.53 Å². The summed E-state index contributed by atoms with van der Waals surface area (Å²) in [5, 5.41) is 0. The quantitative estimate of drug-likeness (QED) is 0.543. The van der Waals surface area contributed by atoms with Crippen molar-refractivity contribution in [1.29, 1.82) is 0 Å². The highest BCUT2D eigenvalue weighted by Crippen LogP contribution is 2.28. The lowest BCUT2D eigenvalue weighted by Gasteiger charge is -2.32. The van der Waals surface area contributed by atoms with Crippen molar-refractivity contribution in [3.8, 4) is 0 Å². The fourth-order valence-corrected chi connectivity index (χ4v) is 1.59. The van der Waals surface area contributed by atoms with Crippen LogP contribution in [-0.2, 0) is 9.53 Å². The molecule has 0 N–H and O–H groups in total. The van der Waals surface area contributed by atoms with Gasteiger partial charge in [-0.05, 0) is 18.3 Å². The molecule has 0 bridgehead atoms. The van der Waals surface area contributed by atoms with Crippen LogP contribution >= 0.6 is 0 Å². The topological polar surface area (TPSA) is 26.3 Å². The molecule has 1 unspecified atom stereocenters. The monoisotopic (exact) mass is 156 g/mol. The lowest BCUT2D eigenvalue weighted by molar-refractivity contribution is -0.161. The van der Waals surface area contributed by atoms with E-state index >= 15 is 0 Å². The molecule has 0 radical (unpaired) electrons. The maximum absolute atomic E-state index is 11.0. The summed E-state index contributed by atoms with van der Waals surface area (Å²) in [5.74, 6) is 0.987. The Kier molecular flexibility index (Phi) is 2.53. The molecule has 1 rings (SSSR count). The van der Waals surface area contributed by atoms with Gasteiger partial charge < -0.3 is 4.74 Å². The molecule has 1 saturated heterocycles. The Labute approximate surface area is 67.9 Å². The van der Waals surface area contributed by atoms with Crippen molar-refractivity contribution in [2.24, 2.45) is 11.8 Å². The maximum Gasteiger partial charge on any atom is 0.306 e. The number of cyclic esters (lactones) is 1. The molecular formula is C9H16O2. The van der Waals surface area contributed by atoms with Gasteiger partial charge in [-0.25, -0.2) is 0 Å². The first-order valence-electron chi connectivity index (χ1n) is 4.34. The van der Waals surface area contributed by atoms with E-state index < -0.39 is 0 Å². The molecule has 0 aromatic rings. The second kappa shape index (κ2) is 3.24. The van der Waals surface area contributed by atoms with Crippen molar-refractivity contribution in [2.75, 3.05) is 0 Å². The molecule has 0 aromatic heterocycles. The van der Waals surface area contributed by atoms with E-state index in [-0.39, 0.29) is 12.1 Å². The predicted molar refractivity (Wildman–Crippen MR) is 43.1 cm³/mol. The van der Waals surface area contributed by atoms with E-state index in [4.69, 9.17) is 4.74 Å². The van der Waals surface area contributed by atoms with E-state index in [1.54, 1.807) is 0 Å². The number of carbonyl (C=O) groups excluding carboxylic acids is 1. The summed E-state index contributed by atoms with van der Waals surface area (Å²) >= 11 is 0. The summed E-state index contributed by atoms with van der Waals surface area (Å²) in [7, 11) is 0. The molecule has 0 aromatic carbocycles. The molecule has 1 aliphatic heterocycles. The van der Waals surface area contributed by atoms with Crippen molar-refractivity contribution in [3.05, 3.63) is 0 Å². The second-order valence-electron chi connectivity index (χ2n) is 3.48. The zero-order valence-corrected chi connectivity index (χ0v) is 7.46. The van der Waals surface area contributed by atoms with Gasteiger partial charge in [-0.15, -0.1) is 0 Å². The van der Waals surface area contributed by atoms with Gasteiger partial charge in [-0.1, -0.05) is 20.8 Å². The molecule has 1 fully saturated rings. The number of rotatable bonds is 1. The lowest BCUT2D eigenvalue weighted by atomic mass is 9.85. The predicted octanol–water partition coefficient (Wildman–Crippen LogP) is 1.98. The Morgan fingerprint density at radius 2 is 2.18 bits per heavy atom. The van der Waals surface area contributed by atoms with E-state index in [1.807, 2.05) is 0 Å². The SMILES string of the molecule is CCC1OC(=O)C[C@@H](C)[C@H]1C. The summed E-state index contributed by atoms with van der Waals surface area (Å²) in [6.07, 6.45) is 1.70. The molecule has 3 atom stereocenters. The maximum atomic E-state index is 11.0. The van der Waals surface area contributed by atoms with Gasteiger partial charge >= 0.3 is 5.97 Å². The third-order valence-corrected chi connectivity index (χ3v) is 2.66. The lowest BCUT2D eigenvalue weighted by Crippen LogP contribution is -2.35. The molecule has 0 saturated carbocycles. The Morgan fingerprint density at radius 3 is 2.73 bits per heavy atom. The van der Waals surface area contributed by atoms with Gasteiger partial charge in [0, 0.05) is 6.42 Å². The summed E-state index contributed by atoms with van der Waals surface area (Å²) in [6.45, 7) is 6.34. The second-order valence-corrected chi connectivity index (χ2v) is 3.48. The van der Waals surface area contributed by atoms with Gasteiger partial charge in [0.15, 0.2) is 0 Å². The van der Waals surface area contributed by atoms with Crippen molar-refractivity contribution >= 4 is 5.97 Å². The Balaban J connectivity index is 2.58. The standard InChI is InChI=1S/C9H16O2/c1-4-8-7(3)6(2)5-9(10)11-8/h6-8H,4-5H2,1-3H3/t6-,7-,8?/m1/s1. The minimum absolute atomic E-state index is 0.0255. The van der Waals surface area contributed by atoms with Gasteiger partial charge in [0.2, 0.25) is 0 Å². The van der Waals surface area contributed by atoms with Crippen LogP contribution in [0, 0.1) is 11.8 Å². The normalized spacial score (nSPS) is 38.5. The average Bonchev–Trinajstić information content (AvgIpc) is 1.96. The van der Waals surface area contributed by atoms with Crippen LogP contribution in [0.3, 0.4) is 0 Å². The zero-order valence-electron chi connectivity index (χ0n) is 7.46. The first-order valence-corrected chi connectivity index (χ1v) is 4.34. The van der Waals surface area contributed by atoms with Crippen molar-refractivity contribution in [2.45, 2.75) is 39.7 Å². The first kappa shape index (κ1) is 8.57. The minimum Gasteiger partial charge on any atom is -0.462 e. The fraction of sp³-hybridized carbons (Fsp3) is 0.889. The van der Waals surface area contributed by atoms with Crippen LogP contribution in [-0.4, -0.2) is 12.1 Å². The number of esters is 1. The van der Waals surface area contributed by atoms with E-state index in [0.717, 1.165) is 6.42 Å². The Hall–Kier alpha value is -0.530. The molecule has 2 nitrogen and oxygen atoms in total. The highest BCUT2D eigenvalue weighted by atomic mass is 16.5. The number of hydrogen-bond acceptors (Lipinski definition) is 2. The van der Waals surface area contributed by atoms with Crippen molar-refractivity contribution in [1.82, 2.24) is 0 Å². The molecule has 11 heavy (non-hydrogen) atoms. The molecule has 1 aliphatic rings. The van der Waals surface area contributed by atoms with Crippen LogP contribution in [0.4, 0.5) is 0 Å². The third-order valence-electron chi connectivity index (χ3n) is 2.66. The van der Waals surface area contributed by atoms with E-state index in [1.165, 1.54) is 0 Å². The molecule has 0 spiro atoms. The van der Waals surface area contributed by atoms with Gasteiger partial charge in [-0.2, -0.15) is 0 Å². The van der Waals surface area contributed by atoms with E-state index in [2.05, 4.69) is 20.8 Å². The molecule has 1 heterocycles. The van der Waals surface area contributed by atoms with Crippen LogP contribution < -0.4 is 0 Å². The highest BCUT2D eigenvalue weighted by Gasteiger charge is 2.31. The van der Waals surface area contributed by atoms with Gasteiger partial charge in [0.05, 0.1) is 0 Å². The number of hydrogen-bond donors (Lipinski definition) is 0. The van der Waals surface area contributed by atoms with Crippen LogP contribution in [0.25, 0.3) is 0 Å². The number of carbonyl (C=O) groups is 1. The number of ether oxygens (including phenoxy) is 1. The molecular weight excluding hydrogens is 140 g/mol. The fourth-order valence-electron chi connectivity index (χ4n) is 1.59. The summed E-state index contributed by atoms with van der Waals surface area (Å²) in [4.78, 5) is 11.0. The minimum atomic E-state index is -0.0255. The first-order chi connectivity index (χ1) is 5.15. The van der Waals surface area contributed by atoms with Crippen LogP contribution in [0.5, 0.6) is 0 Å². The third kappa shape index (κ3) is 1.73. The summed E-state index contributed by atoms with van der Waals surface area (Å²) in [5.41, 5.74) is 0. The average molecular weight is 156 g/mol. The summed E-state index contributed by atoms with van der Waals surface area (Å²) < 4.78 is 5.18. The van der Waals surface area contributed by atoms with E-state index in [0.29, 0.717) is 18.3 Å². The van der Waals surface area contributed by atoms with Gasteiger partial charge in [-0.3, -0.25) is 4.79 Å². The van der Waals surface area contributed by atoms with Crippen LogP contribution in [0.15, 0.2) is 0 Å². The van der Waals surface area contributed by atoms with Crippen LogP contribution in [0.2, 0.25) is 0 Å². The van der Waals surface area contributed by atoms with Gasteiger partial charge in [0.1, 0.15) is 6.10 Å². The highest BCUT2D eigenvalue weighted by molar-refractivity contribution is 5.70. The van der Waals surface area contributed by atoms with E-state index in [9.17, 15) is 4.79 Å². The molecule has 0 aliphatic carbocycles. The van der Waals surface area contributed by atoms with Crippen LogP contribution in [0.1, 0.15) is 33.6 Å². The molecule has 64 valence electrons. The van der Waals surface area contributed by atoms with Gasteiger partial charge in [0.25, 0.3) is 0 Å². The Bertz CT molecular complexity index is 154.